The Morgan fingerprint density at radius 1 is 1.05 bits per heavy atom. The molecule has 0 aliphatic carbocycles. The van der Waals surface area contributed by atoms with Crippen LogP contribution >= 0.6 is 0 Å². The van der Waals surface area contributed by atoms with E-state index in [1.54, 1.807) is 0 Å². The number of unbranched alkanes of at least 4 members (excludes halogenated alkanes) is 3. The lowest BCUT2D eigenvalue weighted by Gasteiger charge is -2.55. The molecule has 1 N–H and O–H groups in total. The van der Waals surface area contributed by atoms with E-state index in [9.17, 15) is 4.79 Å². The zero-order valence-corrected chi connectivity index (χ0v) is 15.6. The minimum absolute atomic E-state index is 0.0326. The van der Waals surface area contributed by atoms with E-state index in [2.05, 4.69) is 44.8 Å². The van der Waals surface area contributed by atoms with Crippen LogP contribution in [-0.4, -0.2) is 41.4 Å². The van der Waals surface area contributed by atoms with E-state index in [1.165, 1.54) is 44.8 Å². The second-order valence-electron chi connectivity index (χ2n) is 7.78. The Hall–Kier alpha value is -0.410. The summed E-state index contributed by atoms with van der Waals surface area (Å²) in [6, 6.07) is 0.0326. The van der Waals surface area contributed by atoms with Gasteiger partial charge in [0.05, 0.1) is 6.04 Å². The molecule has 0 aromatic rings. The molecular weight excluding hydrogens is 272 g/mol. The first-order valence-electron chi connectivity index (χ1n) is 9.43. The van der Waals surface area contributed by atoms with Gasteiger partial charge in [0.2, 0.25) is 0 Å². The molecular formula is C19H38N2O. The van der Waals surface area contributed by atoms with Crippen LogP contribution in [0.3, 0.4) is 0 Å². The van der Waals surface area contributed by atoms with Crippen LogP contribution in [0, 0.1) is 0 Å². The zero-order chi connectivity index (χ0) is 16.6. The molecule has 1 rings (SSSR count). The number of rotatable bonds is 10. The molecule has 0 radical (unpaired) electrons. The predicted molar refractivity (Wildman–Crippen MR) is 95.3 cm³/mol. The van der Waals surface area contributed by atoms with Gasteiger partial charge in [-0.3, -0.25) is 4.90 Å². The topological polar surface area (TPSA) is 32.3 Å². The average molecular weight is 311 g/mol. The molecule has 0 amide bonds. The molecule has 3 nitrogen and oxygen atoms in total. The molecule has 1 atom stereocenters. The summed E-state index contributed by atoms with van der Waals surface area (Å²) in [6.07, 6.45) is 10.6. The highest BCUT2D eigenvalue weighted by molar-refractivity contribution is 5.61. The largest absolute Gasteiger partial charge is 0.303 e. The van der Waals surface area contributed by atoms with Gasteiger partial charge in [-0.1, -0.05) is 52.9 Å². The van der Waals surface area contributed by atoms with Crippen molar-refractivity contribution in [3.8, 4) is 0 Å². The van der Waals surface area contributed by atoms with Crippen molar-refractivity contribution in [2.24, 2.45) is 0 Å². The molecule has 22 heavy (non-hydrogen) atoms. The van der Waals surface area contributed by atoms with Gasteiger partial charge in [0.15, 0.2) is 0 Å². The monoisotopic (exact) mass is 310 g/mol. The molecule has 0 spiro atoms. The van der Waals surface area contributed by atoms with Crippen LogP contribution in [0.15, 0.2) is 0 Å². The van der Waals surface area contributed by atoms with Crippen LogP contribution < -0.4 is 5.32 Å². The second-order valence-corrected chi connectivity index (χ2v) is 7.78. The number of carbonyl (C=O) groups excluding carboxylic acids is 1. The van der Waals surface area contributed by atoms with Crippen LogP contribution in [0.5, 0.6) is 0 Å². The lowest BCUT2D eigenvalue weighted by molar-refractivity contribution is -0.120. The summed E-state index contributed by atoms with van der Waals surface area (Å²) in [5.74, 6) is 0. The van der Waals surface area contributed by atoms with Crippen molar-refractivity contribution in [2.45, 2.75) is 103 Å². The minimum atomic E-state index is -0.0384. The molecule has 0 aromatic heterocycles. The van der Waals surface area contributed by atoms with Crippen molar-refractivity contribution >= 4 is 6.29 Å². The molecule has 1 fully saturated rings. The maximum Gasteiger partial charge on any atom is 0.139 e. The molecule has 1 heterocycles. The third-order valence-corrected chi connectivity index (χ3v) is 5.03. The van der Waals surface area contributed by atoms with Gasteiger partial charge >= 0.3 is 0 Å². The fraction of sp³-hybridized carbons (Fsp3) is 0.947. The number of hydrogen-bond acceptors (Lipinski definition) is 3. The van der Waals surface area contributed by atoms with Crippen LogP contribution in [0.25, 0.3) is 0 Å². The second kappa shape index (κ2) is 9.02. The Bertz CT molecular complexity index is 319. The van der Waals surface area contributed by atoms with E-state index < -0.39 is 0 Å². The van der Waals surface area contributed by atoms with E-state index in [4.69, 9.17) is 0 Å². The number of aldehydes is 1. The fourth-order valence-corrected chi connectivity index (χ4v) is 4.07. The molecule has 130 valence electrons. The maximum absolute atomic E-state index is 12.0. The Labute approximate surface area is 138 Å². The van der Waals surface area contributed by atoms with Crippen LogP contribution in [0.1, 0.15) is 86.0 Å². The van der Waals surface area contributed by atoms with Gasteiger partial charge in [-0.05, 0) is 39.7 Å². The first-order valence-corrected chi connectivity index (χ1v) is 9.43. The van der Waals surface area contributed by atoms with Crippen molar-refractivity contribution < 1.29 is 4.79 Å². The first-order chi connectivity index (χ1) is 10.4. The summed E-state index contributed by atoms with van der Waals surface area (Å²) in [5.41, 5.74) is 0.0397. The van der Waals surface area contributed by atoms with Crippen molar-refractivity contribution in [2.75, 3.05) is 13.1 Å². The standard InChI is InChI=1S/C19H38N2O/c1-6-9-12-19(13-10-7-2)17(15-22)21(14-11-8-3)16-18(4,5)20-19/h15,17,20H,6-14,16H2,1-5H3. The van der Waals surface area contributed by atoms with Gasteiger partial charge in [-0.25, -0.2) is 0 Å². The summed E-state index contributed by atoms with van der Waals surface area (Å²) < 4.78 is 0. The minimum Gasteiger partial charge on any atom is -0.303 e. The van der Waals surface area contributed by atoms with Crippen molar-refractivity contribution in [3.63, 3.8) is 0 Å². The number of nitrogens with zero attached hydrogens (tertiary/aromatic N) is 1. The lowest BCUT2D eigenvalue weighted by Crippen LogP contribution is -2.74. The molecule has 1 aliphatic heterocycles. The summed E-state index contributed by atoms with van der Waals surface area (Å²) in [6.45, 7) is 13.3. The molecule has 1 saturated heterocycles. The summed E-state index contributed by atoms with van der Waals surface area (Å²) in [7, 11) is 0. The number of nitrogens with one attached hydrogen (secondary N) is 1. The zero-order valence-electron chi connectivity index (χ0n) is 15.6. The summed E-state index contributed by atoms with van der Waals surface area (Å²) in [4.78, 5) is 14.5. The van der Waals surface area contributed by atoms with Crippen molar-refractivity contribution in [1.82, 2.24) is 10.2 Å². The maximum atomic E-state index is 12.0. The molecule has 1 aliphatic rings. The Morgan fingerprint density at radius 2 is 1.59 bits per heavy atom. The molecule has 1 unspecified atom stereocenters. The first kappa shape index (κ1) is 19.6. The third kappa shape index (κ3) is 5.06. The van der Waals surface area contributed by atoms with E-state index in [0.717, 1.165) is 25.9 Å². The van der Waals surface area contributed by atoms with Gasteiger partial charge in [0.25, 0.3) is 0 Å². The Kier molecular flexibility index (Phi) is 8.06. The van der Waals surface area contributed by atoms with Gasteiger partial charge in [0, 0.05) is 17.6 Å². The molecule has 0 saturated carbocycles. The molecule has 0 aromatic carbocycles. The Morgan fingerprint density at radius 3 is 2.05 bits per heavy atom. The highest BCUT2D eigenvalue weighted by Gasteiger charge is 2.48. The van der Waals surface area contributed by atoms with Crippen LogP contribution in [0.2, 0.25) is 0 Å². The normalized spacial score (nSPS) is 24.3. The SMILES string of the molecule is CCCCN1CC(C)(C)NC(CCCC)(CCCC)C1C=O. The number of carbonyl (C=O) groups is 1. The number of piperazine rings is 1. The quantitative estimate of drug-likeness (QED) is 0.615. The summed E-state index contributed by atoms with van der Waals surface area (Å²) in [5, 5.41) is 3.91. The van der Waals surface area contributed by atoms with Crippen LogP contribution in [0.4, 0.5) is 0 Å². The van der Waals surface area contributed by atoms with Gasteiger partial charge < -0.3 is 10.1 Å². The van der Waals surface area contributed by atoms with E-state index in [1.807, 2.05) is 0 Å². The van der Waals surface area contributed by atoms with Gasteiger partial charge in [0.1, 0.15) is 6.29 Å². The Balaban J connectivity index is 3.05. The fourth-order valence-electron chi connectivity index (χ4n) is 4.07. The van der Waals surface area contributed by atoms with Crippen molar-refractivity contribution in [3.05, 3.63) is 0 Å². The van der Waals surface area contributed by atoms with E-state index >= 15 is 0 Å². The van der Waals surface area contributed by atoms with Crippen molar-refractivity contribution in [1.29, 1.82) is 0 Å². The third-order valence-electron chi connectivity index (χ3n) is 5.03. The highest BCUT2D eigenvalue weighted by atomic mass is 16.1. The smallest absolute Gasteiger partial charge is 0.139 e. The van der Waals surface area contributed by atoms with E-state index in [0.29, 0.717) is 0 Å². The van der Waals surface area contributed by atoms with Crippen LogP contribution in [-0.2, 0) is 4.79 Å². The summed E-state index contributed by atoms with van der Waals surface area (Å²) >= 11 is 0. The lowest BCUT2D eigenvalue weighted by atomic mass is 9.75. The van der Waals surface area contributed by atoms with Gasteiger partial charge in [-0.2, -0.15) is 0 Å². The number of hydrogen-bond donors (Lipinski definition) is 1. The highest BCUT2D eigenvalue weighted by Crippen LogP contribution is 2.35. The van der Waals surface area contributed by atoms with E-state index in [-0.39, 0.29) is 17.1 Å². The molecule has 0 bridgehead atoms. The predicted octanol–water partition coefficient (Wildman–Crippen LogP) is 4.16. The average Bonchev–Trinajstić information content (AvgIpc) is 2.47. The molecule has 3 heteroatoms. The van der Waals surface area contributed by atoms with Gasteiger partial charge in [-0.15, -0.1) is 0 Å².